The van der Waals surface area contributed by atoms with E-state index in [1.807, 2.05) is 60.7 Å². The molecule has 4 aromatic carbocycles. The molecule has 4 aromatic rings. The largest absolute Gasteiger partial charge is 1.00 e. The topological polar surface area (TPSA) is 58.6 Å². The van der Waals surface area contributed by atoms with Crippen LogP contribution < -0.4 is 43.5 Å². The van der Waals surface area contributed by atoms with Crippen molar-refractivity contribution in [2.24, 2.45) is 0 Å². The van der Waals surface area contributed by atoms with E-state index in [0.29, 0.717) is 10.8 Å². The van der Waals surface area contributed by atoms with E-state index < -0.39 is 7.82 Å². The molecule has 0 aliphatic heterocycles. The molecule has 0 saturated heterocycles. The van der Waals surface area contributed by atoms with E-state index >= 15 is 0 Å². The van der Waals surface area contributed by atoms with E-state index in [2.05, 4.69) is 0 Å². The Hall–Kier alpha value is -1.81. The van der Waals surface area contributed by atoms with Crippen LogP contribution in [0.1, 0.15) is 0 Å². The van der Waals surface area contributed by atoms with Crippen molar-refractivity contribution in [2.45, 2.75) is 0 Å². The monoisotopic (exact) mass is 372 g/mol. The summed E-state index contributed by atoms with van der Waals surface area (Å²) in [7, 11) is -4.60. The number of hydrogen-bond acceptors (Lipinski definition) is 4. The van der Waals surface area contributed by atoms with Crippen LogP contribution in [-0.4, -0.2) is 0 Å². The van der Waals surface area contributed by atoms with Crippen molar-refractivity contribution in [1.82, 2.24) is 0 Å². The van der Waals surface area contributed by atoms with E-state index in [1.165, 1.54) is 0 Å². The van der Waals surface area contributed by atoms with E-state index in [4.69, 9.17) is 9.05 Å². The third-order valence-electron chi connectivity index (χ3n) is 3.92. The predicted molar refractivity (Wildman–Crippen MR) is 96.8 cm³/mol. The molecule has 0 bridgehead atoms. The fourth-order valence-electron chi connectivity index (χ4n) is 2.81. The Bertz CT molecular complexity index is 1020. The third kappa shape index (κ3) is 3.96. The van der Waals surface area contributed by atoms with Crippen LogP contribution in [-0.2, 0) is 4.57 Å². The molecule has 0 aliphatic carbocycles. The van der Waals surface area contributed by atoms with Crippen LogP contribution in [0.5, 0.6) is 11.5 Å². The van der Waals surface area contributed by atoms with E-state index in [1.54, 1.807) is 24.3 Å². The van der Waals surface area contributed by atoms with Crippen molar-refractivity contribution in [3.63, 3.8) is 0 Å². The average molecular weight is 372 g/mol. The molecular formula is C20H14NaO4P. The van der Waals surface area contributed by atoms with E-state index in [0.717, 1.165) is 10.8 Å². The van der Waals surface area contributed by atoms with Gasteiger partial charge >= 0.3 is 37.4 Å². The van der Waals surface area contributed by atoms with E-state index in [-0.39, 0.29) is 41.1 Å². The smallest absolute Gasteiger partial charge is 0.736 e. The molecule has 4 nitrogen and oxygen atoms in total. The second-order valence-corrected chi connectivity index (χ2v) is 6.84. The van der Waals surface area contributed by atoms with Crippen molar-refractivity contribution in [3.05, 3.63) is 84.9 Å². The summed E-state index contributed by atoms with van der Waals surface area (Å²) in [5, 5.41) is 3.21. The molecule has 0 amide bonds. The summed E-state index contributed by atoms with van der Waals surface area (Å²) >= 11 is 0. The minimum absolute atomic E-state index is 0. The van der Waals surface area contributed by atoms with Crippen LogP contribution in [0.4, 0.5) is 0 Å². The first-order valence-corrected chi connectivity index (χ1v) is 9.24. The normalized spacial score (nSPS) is 11.1. The molecular weight excluding hydrogens is 358 g/mol. The standard InChI is InChI=1S/C20H15O4P.Na/c21-25(22,23-19-13-5-9-15-7-1-3-11-17(15)19)24-20-14-6-10-16-8-2-4-12-18(16)20;/h1-14H,(H,21,22);/q;+1/p-1. The van der Waals surface area contributed by atoms with Gasteiger partial charge in [0.15, 0.2) is 0 Å². The van der Waals surface area contributed by atoms with E-state index in [9.17, 15) is 9.46 Å². The average Bonchev–Trinajstić information content (AvgIpc) is 2.62. The molecule has 6 heteroatoms. The molecule has 0 heterocycles. The van der Waals surface area contributed by atoms with Crippen LogP contribution in [0.25, 0.3) is 21.5 Å². The van der Waals surface area contributed by atoms with Crippen molar-refractivity contribution in [3.8, 4) is 11.5 Å². The SMILES string of the molecule is O=P([O-])(Oc1cccc2ccccc12)Oc1cccc2ccccc12.[Na+]. The van der Waals surface area contributed by atoms with Gasteiger partial charge in [-0.25, -0.2) is 4.57 Å². The van der Waals surface area contributed by atoms with Gasteiger partial charge in [0.05, 0.1) is 0 Å². The minimum atomic E-state index is -4.60. The molecule has 0 N–H and O–H groups in total. The number of fused-ring (bicyclic) bond motifs is 2. The molecule has 0 fully saturated rings. The van der Waals surface area contributed by atoms with Crippen LogP contribution in [0.15, 0.2) is 84.9 Å². The fourth-order valence-corrected chi connectivity index (χ4v) is 3.65. The maximum absolute atomic E-state index is 12.4. The summed E-state index contributed by atoms with van der Waals surface area (Å²) in [6, 6.07) is 25.3. The van der Waals surface area contributed by atoms with Crippen molar-refractivity contribution in [1.29, 1.82) is 0 Å². The van der Waals surface area contributed by atoms with Gasteiger partial charge in [0.25, 0.3) is 0 Å². The number of rotatable bonds is 4. The summed E-state index contributed by atoms with van der Waals surface area (Å²) in [6.07, 6.45) is 0. The summed E-state index contributed by atoms with van der Waals surface area (Å²) in [5.74, 6) is 0.494. The summed E-state index contributed by atoms with van der Waals surface area (Å²) in [4.78, 5) is 12.4. The number of benzene rings is 4. The van der Waals surface area contributed by atoms with Gasteiger partial charge in [-0.1, -0.05) is 72.8 Å². The maximum Gasteiger partial charge on any atom is 1.00 e. The number of phosphoric ester groups is 1. The van der Waals surface area contributed by atoms with Crippen LogP contribution in [0, 0.1) is 0 Å². The second-order valence-electron chi connectivity index (χ2n) is 5.58. The zero-order valence-electron chi connectivity index (χ0n) is 14.2. The Morgan fingerprint density at radius 1 is 0.615 bits per heavy atom. The molecule has 4 rings (SSSR count). The fraction of sp³-hybridized carbons (Fsp3) is 0. The maximum atomic E-state index is 12.4. The molecule has 0 unspecified atom stereocenters. The Labute approximate surface area is 173 Å². The Morgan fingerprint density at radius 2 is 1.00 bits per heavy atom. The number of phosphoric acid groups is 1. The zero-order valence-corrected chi connectivity index (χ0v) is 17.1. The molecule has 0 aliphatic rings. The molecule has 0 spiro atoms. The first-order chi connectivity index (χ1) is 12.1. The van der Waals surface area contributed by atoms with Gasteiger partial charge in [-0.3, -0.25) is 0 Å². The van der Waals surface area contributed by atoms with Crippen molar-refractivity contribution in [2.75, 3.05) is 0 Å². The van der Waals surface area contributed by atoms with Crippen LogP contribution in [0.2, 0.25) is 0 Å². The van der Waals surface area contributed by atoms with Gasteiger partial charge in [0.1, 0.15) is 11.5 Å². The molecule has 0 saturated carbocycles. The van der Waals surface area contributed by atoms with Crippen molar-refractivity contribution >= 4 is 29.4 Å². The summed E-state index contributed by atoms with van der Waals surface area (Å²) in [5.41, 5.74) is 0. The molecule has 26 heavy (non-hydrogen) atoms. The van der Waals surface area contributed by atoms with Gasteiger partial charge in [0, 0.05) is 10.8 Å². The van der Waals surface area contributed by atoms with Gasteiger partial charge in [0.2, 0.25) is 0 Å². The van der Waals surface area contributed by atoms with Gasteiger partial charge in [-0.05, 0) is 22.9 Å². The zero-order chi connectivity index (χ0) is 17.3. The molecule has 124 valence electrons. The van der Waals surface area contributed by atoms with Crippen LogP contribution >= 0.6 is 7.82 Å². The Balaban J connectivity index is 0.00000196. The first kappa shape index (κ1) is 19.0. The quantitative estimate of drug-likeness (QED) is 0.406. The first-order valence-electron chi connectivity index (χ1n) is 7.78. The van der Waals surface area contributed by atoms with Gasteiger partial charge in [-0.15, -0.1) is 0 Å². The van der Waals surface area contributed by atoms with Gasteiger partial charge in [-0.2, -0.15) is 0 Å². The molecule has 0 radical (unpaired) electrons. The molecule has 0 atom stereocenters. The minimum Gasteiger partial charge on any atom is -0.736 e. The third-order valence-corrected chi connectivity index (χ3v) is 4.76. The summed E-state index contributed by atoms with van der Waals surface area (Å²) in [6.45, 7) is 0. The Morgan fingerprint density at radius 3 is 1.46 bits per heavy atom. The summed E-state index contributed by atoms with van der Waals surface area (Å²) < 4.78 is 22.9. The second kappa shape index (κ2) is 7.83. The molecule has 0 aromatic heterocycles. The van der Waals surface area contributed by atoms with Crippen LogP contribution in [0.3, 0.4) is 0 Å². The Kier molecular flexibility index (Phi) is 5.71. The predicted octanol–water partition coefficient (Wildman–Crippen LogP) is 1.92. The number of hydrogen-bond donors (Lipinski definition) is 0. The van der Waals surface area contributed by atoms with Gasteiger partial charge < -0.3 is 13.9 Å². The van der Waals surface area contributed by atoms with Crippen molar-refractivity contribution < 1.29 is 48.1 Å².